The molecule has 122 valence electrons. The molecule has 2 aromatic heterocycles. The lowest BCUT2D eigenvalue weighted by atomic mass is 10.2. The Morgan fingerprint density at radius 2 is 2.22 bits per heavy atom. The monoisotopic (exact) mass is 320 g/mol. The molecule has 2 aromatic rings. The van der Waals surface area contributed by atoms with E-state index in [9.17, 15) is 14.4 Å². The van der Waals surface area contributed by atoms with Gasteiger partial charge in [-0.05, 0) is 12.1 Å². The fraction of sp³-hybridized carbons (Fsp3) is 0.429. The minimum atomic E-state index is -1.09. The molecule has 1 saturated heterocycles. The van der Waals surface area contributed by atoms with Gasteiger partial charge in [0.25, 0.3) is 0 Å². The largest absolute Gasteiger partial charge is 0.480 e. The summed E-state index contributed by atoms with van der Waals surface area (Å²) >= 11 is 0. The van der Waals surface area contributed by atoms with Crippen molar-refractivity contribution in [3.63, 3.8) is 0 Å². The van der Waals surface area contributed by atoms with Crippen LogP contribution in [0.2, 0.25) is 0 Å². The number of rotatable bonds is 4. The van der Waals surface area contributed by atoms with Crippen molar-refractivity contribution in [2.45, 2.75) is 19.0 Å². The van der Waals surface area contributed by atoms with Crippen molar-refractivity contribution in [2.75, 3.05) is 19.8 Å². The predicted molar refractivity (Wildman–Crippen MR) is 78.0 cm³/mol. The van der Waals surface area contributed by atoms with Gasteiger partial charge in [-0.15, -0.1) is 5.10 Å². The third-order valence-electron chi connectivity index (χ3n) is 3.76. The Morgan fingerprint density at radius 1 is 1.39 bits per heavy atom. The number of nitrogens with zero attached hydrogens (tertiary/aromatic N) is 4. The van der Waals surface area contributed by atoms with Crippen LogP contribution in [0.4, 0.5) is 0 Å². The molecule has 3 heterocycles. The molecule has 1 amide bonds. The Morgan fingerprint density at radius 3 is 2.96 bits per heavy atom. The summed E-state index contributed by atoms with van der Waals surface area (Å²) in [5.74, 6) is -1.42. The lowest BCUT2D eigenvalue weighted by molar-refractivity contribution is -0.158. The van der Waals surface area contributed by atoms with Gasteiger partial charge in [-0.2, -0.15) is 0 Å². The third-order valence-corrected chi connectivity index (χ3v) is 3.76. The summed E-state index contributed by atoms with van der Waals surface area (Å²) in [6.07, 6.45) is 1.61. The lowest BCUT2D eigenvalue weighted by Gasteiger charge is -2.32. The molecular formula is C14H16N4O5. The van der Waals surface area contributed by atoms with Gasteiger partial charge in [-0.1, -0.05) is 6.07 Å². The maximum absolute atomic E-state index is 12.3. The third kappa shape index (κ3) is 2.95. The van der Waals surface area contributed by atoms with Crippen molar-refractivity contribution in [1.29, 1.82) is 0 Å². The number of carbonyl (C=O) groups is 2. The molecule has 3 rings (SSSR count). The first-order valence-electron chi connectivity index (χ1n) is 7.22. The topological polar surface area (TPSA) is 106 Å². The molecule has 0 aromatic carbocycles. The second-order valence-corrected chi connectivity index (χ2v) is 5.20. The normalized spacial score (nSPS) is 18.3. The first-order valence-corrected chi connectivity index (χ1v) is 7.22. The second-order valence-electron chi connectivity index (χ2n) is 5.20. The SMILES string of the molecule is O=C(O)[C@H]1COCCN1C(=O)CCn1nc2ccccn2c1=O. The molecule has 0 saturated carbocycles. The van der Waals surface area contributed by atoms with Crippen LogP contribution in [0, 0.1) is 0 Å². The highest BCUT2D eigenvalue weighted by atomic mass is 16.5. The van der Waals surface area contributed by atoms with E-state index in [0.29, 0.717) is 12.3 Å². The average Bonchev–Trinajstić information content (AvgIpc) is 2.89. The summed E-state index contributed by atoms with van der Waals surface area (Å²) in [5.41, 5.74) is 0.171. The summed E-state index contributed by atoms with van der Waals surface area (Å²) in [7, 11) is 0. The van der Waals surface area contributed by atoms with E-state index in [1.54, 1.807) is 24.4 Å². The molecule has 1 atom stereocenters. The first-order chi connectivity index (χ1) is 11.1. The minimum Gasteiger partial charge on any atom is -0.480 e. The van der Waals surface area contributed by atoms with Crippen LogP contribution in [0.25, 0.3) is 5.65 Å². The summed E-state index contributed by atoms with van der Waals surface area (Å²) in [4.78, 5) is 36.8. The average molecular weight is 320 g/mol. The standard InChI is InChI=1S/C14H16N4O5/c19-12(16-7-8-23-9-10(16)13(20)21)4-6-18-14(22)17-5-2-1-3-11(17)15-18/h1-3,5,10H,4,6-9H2,(H,20,21)/t10-/m1/s1. The summed E-state index contributed by atoms with van der Waals surface area (Å²) in [5, 5.41) is 13.3. The van der Waals surface area contributed by atoms with E-state index >= 15 is 0 Å². The van der Waals surface area contributed by atoms with Gasteiger partial charge in [-0.3, -0.25) is 9.20 Å². The van der Waals surface area contributed by atoms with Crippen LogP contribution >= 0.6 is 0 Å². The number of aromatic nitrogens is 3. The molecule has 9 heteroatoms. The van der Waals surface area contributed by atoms with Gasteiger partial charge in [0.2, 0.25) is 5.91 Å². The molecule has 0 radical (unpaired) electrons. The number of carbonyl (C=O) groups excluding carboxylic acids is 1. The fourth-order valence-corrected chi connectivity index (χ4v) is 2.57. The molecule has 23 heavy (non-hydrogen) atoms. The van der Waals surface area contributed by atoms with Crippen molar-refractivity contribution in [2.24, 2.45) is 0 Å². The van der Waals surface area contributed by atoms with Gasteiger partial charge >= 0.3 is 11.7 Å². The van der Waals surface area contributed by atoms with Gasteiger partial charge in [-0.25, -0.2) is 14.3 Å². The van der Waals surface area contributed by atoms with Crippen LogP contribution < -0.4 is 5.69 Å². The van der Waals surface area contributed by atoms with Crippen LogP contribution in [-0.2, 0) is 20.9 Å². The van der Waals surface area contributed by atoms with Crippen molar-refractivity contribution in [3.8, 4) is 0 Å². The van der Waals surface area contributed by atoms with Gasteiger partial charge in [0, 0.05) is 19.2 Å². The van der Waals surface area contributed by atoms with Crippen LogP contribution in [0.3, 0.4) is 0 Å². The lowest BCUT2D eigenvalue weighted by Crippen LogP contribution is -2.52. The number of hydrogen-bond donors (Lipinski definition) is 1. The predicted octanol–water partition coefficient (Wildman–Crippen LogP) is -0.802. The van der Waals surface area contributed by atoms with E-state index in [1.165, 1.54) is 14.0 Å². The highest BCUT2D eigenvalue weighted by Gasteiger charge is 2.32. The highest BCUT2D eigenvalue weighted by Crippen LogP contribution is 2.09. The number of amides is 1. The Balaban J connectivity index is 1.71. The minimum absolute atomic E-state index is 0.00751. The number of carboxylic acids is 1. The van der Waals surface area contributed by atoms with Crippen LogP contribution in [-0.4, -0.2) is 61.9 Å². The van der Waals surface area contributed by atoms with E-state index in [4.69, 9.17) is 9.84 Å². The molecule has 0 spiro atoms. The number of pyridine rings is 1. The smallest absolute Gasteiger partial charge is 0.350 e. The van der Waals surface area contributed by atoms with Gasteiger partial charge in [0.1, 0.15) is 0 Å². The molecule has 1 aliphatic heterocycles. The highest BCUT2D eigenvalue weighted by molar-refractivity contribution is 5.83. The Kier molecular flexibility index (Phi) is 4.11. The zero-order valence-electron chi connectivity index (χ0n) is 12.3. The number of fused-ring (bicyclic) bond motifs is 1. The zero-order valence-corrected chi connectivity index (χ0v) is 12.3. The van der Waals surface area contributed by atoms with Crippen molar-refractivity contribution in [3.05, 3.63) is 34.9 Å². The second kappa shape index (κ2) is 6.21. The maximum atomic E-state index is 12.3. The number of aliphatic carboxylic acids is 1. The zero-order chi connectivity index (χ0) is 16.4. The van der Waals surface area contributed by atoms with Gasteiger partial charge in [0.05, 0.1) is 19.8 Å². The summed E-state index contributed by atoms with van der Waals surface area (Å²) < 4.78 is 7.70. The fourth-order valence-electron chi connectivity index (χ4n) is 2.57. The number of ether oxygens (including phenoxy) is 1. The van der Waals surface area contributed by atoms with Crippen LogP contribution in [0.5, 0.6) is 0 Å². The number of carboxylic acid groups (broad SMARTS) is 1. The first kappa shape index (κ1) is 15.2. The molecule has 0 bridgehead atoms. The molecular weight excluding hydrogens is 304 g/mol. The Hall–Kier alpha value is -2.68. The molecule has 9 nitrogen and oxygen atoms in total. The van der Waals surface area contributed by atoms with Gasteiger partial charge < -0.3 is 14.7 Å². The summed E-state index contributed by atoms with van der Waals surface area (Å²) in [6.45, 7) is 0.623. The van der Waals surface area contributed by atoms with Crippen molar-refractivity contribution in [1.82, 2.24) is 19.1 Å². The Bertz CT molecular complexity index is 796. The molecule has 1 fully saturated rings. The molecule has 0 aliphatic carbocycles. The van der Waals surface area contributed by atoms with Crippen molar-refractivity contribution >= 4 is 17.5 Å². The Labute approximate surface area is 130 Å². The molecule has 1 N–H and O–H groups in total. The van der Waals surface area contributed by atoms with E-state index in [1.807, 2.05) is 0 Å². The van der Waals surface area contributed by atoms with E-state index < -0.39 is 12.0 Å². The quantitative estimate of drug-likeness (QED) is 0.790. The van der Waals surface area contributed by atoms with Crippen LogP contribution in [0.1, 0.15) is 6.42 Å². The molecule has 0 unspecified atom stereocenters. The number of aryl methyl sites for hydroxylation is 1. The van der Waals surface area contributed by atoms with Crippen LogP contribution in [0.15, 0.2) is 29.2 Å². The number of hydrogen-bond acceptors (Lipinski definition) is 5. The van der Waals surface area contributed by atoms with E-state index in [-0.39, 0.29) is 37.7 Å². The van der Waals surface area contributed by atoms with Gasteiger partial charge in [0.15, 0.2) is 11.7 Å². The maximum Gasteiger partial charge on any atom is 0.350 e. The van der Waals surface area contributed by atoms with Crippen molar-refractivity contribution < 1.29 is 19.4 Å². The van der Waals surface area contributed by atoms with E-state index in [2.05, 4.69) is 5.10 Å². The summed E-state index contributed by atoms with van der Waals surface area (Å²) in [6, 6.07) is 4.20. The number of morpholine rings is 1. The molecule has 1 aliphatic rings. The van der Waals surface area contributed by atoms with E-state index in [0.717, 1.165) is 0 Å².